The molecule has 0 aliphatic rings. The average Bonchev–Trinajstić information content (AvgIpc) is 2.20. The van der Waals surface area contributed by atoms with Crippen molar-refractivity contribution in [1.29, 1.82) is 0 Å². The van der Waals surface area contributed by atoms with Gasteiger partial charge in [-0.15, -0.1) is 0 Å². The highest BCUT2D eigenvalue weighted by atomic mass is 127. The number of benzene rings is 2. The van der Waals surface area contributed by atoms with Gasteiger partial charge in [0, 0.05) is 19.7 Å². The summed E-state index contributed by atoms with van der Waals surface area (Å²) in [7, 11) is 0. The van der Waals surface area contributed by atoms with Crippen LogP contribution in [0, 0.1) is 9.39 Å². The van der Waals surface area contributed by atoms with Crippen molar-refractivity contribution < 1.29 is 4.39 Å². The van der Waals surface area contributed by atoms with Crippen LogP contribution in [0.5, 0.6) is 0 Å². The summed E-state index contributed by atoms with van der Waals surface area (Å²) in [6.45, 7) is 0. The molecule has 0 radical (unpaired) electrons. The molecule has 0 nitrogen and oxygen atoms in total. The monoisotopic (exact) mass is 366 g/mol. The molecule has 0 amide bonds. The summed E-state index contributed by atoms with van der Waals surface area (Å²) in [5.74, 6) is -0.281. The van der Waals surface area contributed by atoms with E-state index in [1.54, 1.807) is 24.3 Å². The molecule has 82 valence electrons. The Labute approximate surface area is 117 Å². The van der Waals surface area contributed by atoms with Crippen LogP contribution in [0.4, 0.5) is 4.39 Å². The van der Waals surface area contributed by atoms with Crippen LogP contribution in [0.2, 0.25) is 10.0 Å². The van der Waals surface area contributed by atoms with Crippen molar-refractivity contribution in [3.8, 4) is 11.1 Å². The van der Waals surface area contributed by atoms with Gasteiger partial charge in [-0.25, -0.2) is 4.39 Å². The van der Waals surface area contributed by atoms with Crippen molar-refractivity contribution in [3.05, 3.63) is 55.8 Å². The van der Waals surface area contributed by atoms with E-state index in [0.29, 0.717) is 21.2 Å². The molecule has 0 aliphatic heterocycles. The van der Waals surface area contributed by atoms with E-state index in [-0.39, 0.29) is 5.82 Å². The van der Waals surface area contributed by atoms with Gasteiger partial charge < -0.3 is 0 Å². The van der Waals surface area contributed by atoms with Crippen molar-refractivity contribution in [2.75, 3.05) is 0 Å². The molecule has 0 N–H and O–H groups in total. The van der Waals surface area contributed by atoms with Gasteiger partial charge >= 0.3 is 0 Å². The van der Waals surface area contributed by atoms with E-state index in [0.717, 1.165) is 3.57 Å². The molecule has 0 atom stereocenters. The zero-order valence-electron chi connectivity index (χ0n) is 7.98. The summed E-state index contributed by atoms with van der Waals surface area (Å²) in [6, 6.07) is 9.97. The Hall–Kier alpha value is -0.320. The Bertz CT molecular complexity index is 520. The van der Waals surface area contributed by atoms with Gasteiger partial charge in [0.1, 0.15) is 5.82 Å². The predicted octanol–water partition coefficient (Wildman–Crippen LogP) is 5.40. The first-order valence-corrected chi connectivity index (χ1v) is 6.32. The summed E-state index contributed by atoms with van der Waals surface area (Å²) >= 11 is 13.9. The lowest BCUT2D eigenvalue weighted by Gasteiger charge is -2.08. The van der Waals surface area contributed by atoms with Gasteiger partial charge in [0.2, 0.25) is 0 Å². The van der Waals surface area contributed by atoms with Gasteiger partial charge in [0.25, 0.3) is 0 Å². The molecule has 0 bridgehead atoms. The third-order valence-corrected chi connectivity index (χ3v) is 3.61. The van der Waals surface area contributed by atoms with Crippen LogP contribution in [-0.2, 0) is 0 Å². The first kappa shape index (κ1) is 12.1. The van der Waals surface area contributed by atoms with E-state index in [4.69, 9.17) is 23.2 Å². The van der Waals surface area contributed by atoms with Crippen LogP contribution in [0.15, 0.2) is 36.4 Å². The Morgan fingerprint density at radius 3 is 2.44 bits per heavy atom. The largest absolute Gasteiger partial charge is 0.206 e. The maximum absolute atomic E-state index is 13.7. The van der Waals surface area contributed by atoms with Gasteiger partial charge in [-0.3, -0.25) is 0 Å². The van der Waals surface area contributed by atoms with Crippen molar-refractivity contribution in [3.63, 3.8) is 0 Å². The van der Waals surface area contributed by atoms with Gasteiger partial charge in [-0.05, 0) is 46.9 Å². The van der Waals surface area contributed by atoms with E-state index in [1.807, 2.05) is 6.07 Å². The molecule has 16 heavy (non-hydrogen) atoms. The Morgan fingerprint density at radius 1 is 1.06 bits per heavy atom. The second-order valence-electron chi connectivity index (χ2n) is 3.22. The van der Waals surface area contributed by atoms with Gasteiger partial charge in [0.15, 0.2) is 0 Å². The highest BCUT2D eigenvalue weighted by Crippen LogP contribution is 2.34. The highest BCUT2D eigenvalue weighted by Gasteiger charge is 2.12. The second-order valence-corrected chi connectivity index (χ2v) is 5.23. The normalized spacial score (nSPS) is 10.5. The number of hydrogen-bond acceptors (Lipinski definition) is 0. The standard InChI is InChI=1S/C12H6Cl2FI/c13-7-4-5-8(9(14)6-7)12-10(15)2-1-3-11(12)16/h1-6H. The summed E-state index contributed by atoms with van der Waals surface area (Å²) < 4.78 is 14.5. The lowest BCUT2D eigenvalue weighted by molar-refractivity contribution is 0.630. The molecule has 0 aromatic heterocycles. The van der Waals surface area contributed by atoms with Crippen molar-refractivity contribution in [2.45, 2.75) is 0 Å². The van der Waals surface area contributed by atoms with Crippen LogP contribution < -0.4 is 0 Å². The summed E-state index contributed by atoms with van der Waals surface area (Å²) in [6.07, 6.45) is 0. The number of halogens is 4. The molecule has 0 fully saturated rings. The highest BCUT2D eigenvalue weighted by molar-refractivity contribution is 14.1. The molecule has 0 heterocycles. The summed E-state index contributed by atoms with van der Waals surface area (Å²) in [5.41, 5.74) is 1.18. The van der Waals surface area contributed by atoms with Crippen LogP contribution in [-0.4, -0.2) is 0 Å². The third-order valence-electron chi connectivity index (χ3n) is 2.16. The molecule has 0 spiro atoms. The number of rotatable bonds is 1. The van der Waals surface area contributed by atoms with Gasteiger partial charge in [0.05, 0.1) is 5.02 Å². The minimum Gasteiger partial charge on any atom is -0.206 e. The first-order valence-electron chi connectivity index (χ1n) is 4.49. The maximum Gasteiger partial charge on any atom is 0.132 e. The van der Waals surface area contributed by atoms with E-state index in [9.17, 15) is 4.39 Å². The van der Waals surface area contributed by atoms with Crippen LogP contribution in [0.1, 0.15) is 0 Å². The summed E-state index contributed by atoms with van der Waals surface area (Å²) in [4.78, 5) is 0. The molecule has 0 saturated carbocycles. The fourth-order valence-electron chi connectivity index (χ4n) is 1.45. The Kier molecular flexibility index (Phi) is 3.72. The van der Waals surface area contributed by atoms with E-state index < -0.39 is 0 Å². The quantitative estimate of drug-likeness (QED) is 0.592. The maximum atomic E-state index is 13.7. The van der Waals surface area contributed by atoms with Crippen LogP contribution >= 0.6 is 45.8 Å². The molecule has 0 aliphatic carbocycles. The van der Waals surface area contributed by atoms with E-state index in [1.165, 1.54) is 6.07 Å². The first-order chi connectivity index (χ1) is 7.59. The lowest BCUT2D eigenvalue weighted by Crippen LogP contribution is -1.89. The zero-order chi connectivity index (χ0) is 11.7. The lowest BCUT2D eigenvalue weighted by atomic mass is 10.1. The minimum atomic E-state index is -0.281. The molecule has 4 heteroatoms. The van der Waals surface area contributed by atoms with Crippen LogP contribution in [0.25, 0.3) is 11.1 Å². The van der Waals surface area contributed by atoms with Crippen molar-refractivity contribution >= 4 is 45.8 Å². The second kappa shape index (κ2) is 4.90. The number of hydrogen-bond donors (Lipinski definition) is 0. The third kappa shape index (κ3) is 2.34. The fraction of sp³-hybridized carbons (Fsp3) is 0. The summed E-state index contributed by atoms with van der Waals surface area (Å²) in [5, 5.41) is 0.996. The SMILES string of the molecule is Fc1cccc(I)c1-c1ccc(Cl)cc1Cl. The predicted molar refractivity (Wildman–Crippen MR) is 74.6 cm³/mol. The zero-order valence-corrected chi connectivity index (χ0v) is 11.6. The molecular formula is C12H6Cl2FI. The Morgan fingerprint density at radius 2 is 1.81 bits per heavy atom. The smallest absolute Gasteiger partial charge is 0.132 e. The molecule has 2 aromatic rings. The van der Waals surface area contributed by atoms with E-state index in [2.05, 4.69) is 22.6 Å². The minimum absolute atomic E-state index is 0.281. The molecular weight excluding hydrogens is 361 g/mol. The van der Waals surface area contributed by atoms with E-state index >= 15 is 0 Å². The fourth-order valence-corrected chi connectivity index (χ4v) is 2.71. The van der Waals surface area contributed by atoms with Crippen molar-refractivity contribution in [1.82, 2.24) is 0 Å². The average molecular weight is 367 g/mol. The Balaban J connectivity index is 2.68. The van der Waals surface area contributed by atoms with Crippen molar-refractivity contribution in [2.24, 2.45) is 0 Å². The van der Waals surface area contributed by atoms with Gasteiger partial charge in [-0.2, -0.15) is 0 Å². The van der Waals surface area contributed by atoms with Crippen LogP contribution in [0.3, 0.4) is 0 Å². The molecule has 2 rings (SSSR count). The molecule has 0 saturated heterocycles. The molecule has 0 unspecified atom stereocenters. The topological polar surface area (TPSA) is 0 Å². The van der Waals surface area contributed by atoms with Gasteiger partial charge in [-0.1, -0.05) is 35.3 Å². The molecule has 2 aromatic carbocycles.